The number of fused-ring (bicyclic) bond motifs is 1. The first kappa shape index (κ1) is 17.6. The zero-order valence-corrected chi connectivity index (χ0v) is 15.5. The van der Waals surface area contributed by atoms with Gasteiger partial charge in [0.2, 0.25) is 0 Å². The minimum absolute atomic E-state index is 0.301. The number of aromatic nitrogens is 2. The van der Waals surface area contributed by atoms with E-state index in [1.807, 2.05) is 13.8 Å². The molecule has 3 heterocycles. The van der Waals surface area contributed by atoms with Gasteiger partial charge in [0.1, 0.15) is 21.3 Å². The molecule has 7 nitrogen and oxygen atoms in total. The maximum atomic E-state index is 12.2. The molecular formula is C17H21N5O2S. The molecular weight excluding hydrogens is 338 g/mol. The summed E-state index contributed by atoms with van der Waals surface area (Å²) < 4.78 is 5.17. The van der Waals surface area contributed by atoms with Crippen molar-refractivity contribution in [3.63, 3.8) is 0 Å². The van der Waals surface area contributed by atoms with E-state index in [4.69, 9.17) is 10.00 Å². The van der Waals surface area contributed by atoms with Crippen molar-refractivity contribution in [2.75, 3.05) is 44.2 Å². The summed E-state index contributed by atoms with van der Waals surface area (Å²) in [6.07, 6.45) is 0. The van der Waals surface area contributed by atoms with Gasteiger partial charge < -0.3 is 9.64 Å². The van der Waals surface area contributed by atoms with Gasteiger partial charge in [-0.2, -0.15) is 5.26 Å². The van der Waals surface area contributed by atoms with E-state index in [1.165, 1.54) is 11.3 Å². The highest BCUT2D eigenvalue weighted by molar-refractivity contribution is 7.20. The summed E-state index contributed by atoms with van der Waals surface area (Å²) in [5.74, 6) is 1.27. The van der Waals surface area contributed by atoms with Gasteiger partial charge in [-0.05, 0) is 26.3 Å². The lowest BCUT2D eigenvalue weighted by Crippen LogP contribution is -2.46. The van der Waals surface area contributed by atoms with Gasteiger partial charge in [0.05, 0.1) is 24.6 Å². The van der Waals surface area contributed by atoms with Crippen LogP contribution in [0.2, 0.25) is 0 Å². The van der Waals surface area contributed by atoms with Crippen molar-refractivity contribution in [3.8, 4) is 6.07 Å². The van der Waals surface area contributed by atoms with Crippen LogP contribution in [0.5, 0.6) is 0 Å². The molecule has 0 aromatic carbocycles. The number of nitrogens with zero attached hydrogens (tertiary/aromatic N) is 5. The number of carbonyl (C=O) groups is 1. The van der Waals surface area contributed by atoms with Gasteiger partial charge in [0, 0.05) is 26.2 Å². The molecule has 2 aromatic heterocycles. The van der Waals surface area contributed by atoms with Crippen molar-refractivity contribution < 1.29 is 9.53 Å². The highest BCUT2D eigenvalue weighted by Gasteiger charge is 2.25. The topological polar surface area (TPSA) is 82.3 Å². The second-order valence-electron chi connectivity index (χ2n) is 5.97. The lowest BCUT2D eigenvalue weighted by atomic mass is 10.2. The molecule has 1 saturated heterocycles. The van der Waals surface area contributed by atoms with E-state index in [2.05, 4.69) is 25.8 Å². The van der Waals surface area contributed by atoms with E-state index in [-0.39, 0.29) is 5.97 Å². The highest BCUT2D eigenvalue weighted by atomic mass is 32.1. The van der Waals surface area contributed by atoms with Crippen molar-refractivity contribution in [3.05, 3.63) is 16.3 Å². The number of piperazine rings is 1. The molecule has 2 aromatic rings. The lowest BCUT2D eigenvalue weighted by Gasteiger charge is -2.34. The van der Waals surface area contributed by atoms with Crippen LogP contribution in [0, 0.1) is 25.2 Å². The average Bonchev–Trinajstić information content (AvgIpc) is 2.92. The van der Waals surface area contributed by atoms with E-state index in [1.54, 1.807) is 6.92 Å². The Labute approximate surface area is 150 Å². The van der Waals surface area contributed by atoms with Gasteiger partial charge >= 0.3 is 5.97 Å². The predicted molar refractivity (Wildman–Crippen MR) is 97.1 cm³/mol. The fraction of sp³-hybridized carbons (Fsp3) is 0.529. The first-order valence-corrected chi connectivity index (χ1v) is 9.16. The van der Waals surface area contributed by atoms with Gasteiger partial charge in [-0.3, -0.25) is 4.90 Å². The Kier molecular flexibility index (Phi) is 5.16. The maximum Gasteiger partial charge on any atom is 0.348 e. The van der Waals surface area contributed by atoms with Crippen LogP contribution in [-0.4, -0.2) is 60.2 Å². The number of rotatable bonds is 4. The third-order valence-corrected chi connectivity index (χ3v) is 5.48. The monoisotopic (exact) mass is 359 g/mol. The summed E-state index contributed by atoms with van der Waals surface area (Å²) in [6, 6.07) is 2.20. The number of carbonyl (C=O) groups excluding carboxylic acids is 1. The first-order chi connectivity index (χ1) is 12.0. The summed E-state index contributed by atoms with van der Waals surface area (Å²) in [4.78, 5) is 27.2. The lowest BCUT2D eigenvalue weighted by molar-refractivity contribution is 0.0531. The van der Waals surface area contributed by atoms with Crippen LogP contribution >= 0.6 is 11.3 Å². The Balaban J connectivity index is 1.98. The van der Waals surface area contributed by atoms with E-state index in [9.17, 15) is 4.79 Å². The molecule has 1 aliphatic heterocycles. The van der Waals surface area contributed by atoms with Crippen LogP contribution in [0.4, 0.5) is 5.82 Å². The quantitative estimate of drug-likeness (QED) is 0.611. The molecule has 0 amide bonds. The molecule has 132 valence electrons. The summed E-state index contributed by atoms with van der Waals surface area (Å²) in [7, 11) is 0. The highest BCUT2D eigenvalue weighted by Crippen LogP contribution is 2.36. The molecule has 0 saturated carbocycles. The minimum atomic E-state index is -0.301. The second-order valence-corrected chi connectivity index (χ2v) is 6.97. The number of esters is 1. The van der Waals surface area contributed by atoms with Crippen LogP contribution in [0.1, 0.15) is 28.0 Å². The fourth-order valence-corrected chi connectivity index (χ4v) is 4.17. The van der Waals surface area contributed by atoms with Crippen molar-refractivity contribution in [2.24, 2.45) is 0 Å². The summed E-state index contributed by atoms with van der Waals surface area (Å²) in [6.45, 7) is 9.66. The number of hydrogen-bond acceptors (Lipinski definition) is 8. The zero-order valence-electron chi connectivity index (χ0n) is 14.7. The molecule has 0 aliphatic carbocycles. The summed E-state index contributed by atoms with van der Waals surface area (Å²) >= 11 is 1.37. The molecule has 0 atom stereocenters. The summed E-state index contributed by atoms with van der Waals surface area (Å²) in [5, 5.41) is 9.78. The number of thiophene rings is 1. The van der Waals surface area contributed by atoms with Gasteiger partial charge in [-0.25, -0.2) is 14.8 Å². The average molecular weight is 359 g/mol. The van der Waals surface area contributed by atoms with Gasteiger partial charge in [-0.1, -0.05) is 0 Å². The Bertz CT molecular complexity index is 834. The number of anilines is 1. The van der Waals surface area contributed by atoms with Crippen LogP contribution in [-0.2, 0) is 4.74 Å². The Morgan fingerprint density at radius 1 is 1.28 bits per heavy atom. The molecule has 0 unspecified atom stereocenters. The predicted octanol–water partition coefficient (Wildman–Crippen LogP) is 2.13. The number of ether oxygens (including phenoxy) is 1. The van der Waals surface area contributed by atoms with E-state index < -0.39 is 0 Å². The summed E-state index contributed by atoms with van der Waals surface area (Å²) in [5.41, 5.74) is 0.882. The van der Waals surface area contributed by atoms with Crippen LogP contribution in [0.15, 0.2) is 0 Å². The largest absolute Gasteiger partial charge is 0.462 e. The Morgan fingerprint density at radius 2 is 2.00 bits per heavy atom. The molecule has 0 N–H and O–H groups in total. The van der Waals surface area contributed by atoms with E-state index in [0.29, 0.717) is 23.9 Å². The molecule has 1 fully saturated rings. The Hall–Kier alpha value is -2.24. The second kappa shape index (κ2) is 7.33. The van der Waals surface area contributed by atoms with Crippen molar-refractivity contribution in [1.82, 2.24) is 14.9 Å². The molecule has 0 radical (unpaired) electrons. The molecule has 3 rings (SSSR count). The third-order valence-electron chi connectivity index (χ3n) is 4.31. The van der Waals surface area contributed by atoms with Crippen LogP contribution in [0.25, 0.3) is 10.2 Å². The van der Waals surface area contributed by atoms with Crippen molar-refractivity contribution in [1.29, 1.82) is 5.26 Å². The van der Waals surface area contributed by atoms with Crippen molar-refractivity contribution >= 4 is 33.3 Å². The molecule has 1 aliphatic rings. The van der Waals surface area contributed by atoms with Crippen LogP contribution < -0.4 is 4.90 Å². The zero-order chi connectivity index (χ0) is 18.0. The van der Waals surface area contributed by atoms with E-state index in [0.717, 1.165) is 47.8 Å². The van der Waals surface area contributed by atoms with Crippen LogP contribution in [0.3, 0.4) is 0 Å². The van der Waals surface area contributed by atoms with Gasteiger partial charge in [-0.15, -0.1) is 11.3 Å². The standard InChI is InChI=1S/C17H21N5O2S/c1-4-24-17(23)14-11(2)13-15(19-12(3)20-16(13)25-14)22-9-7-21(6-5-18)8-10-22/h4,6-10H2,1-3H3. The molecule has 0 spiro atoms. The maximum absolute atomic E-state index is 12.2. The normalized spacial score (nSPS) is 15.4. The van der Waals surface area contributed by atoms with Crippen molar-refractivity contribution in [2.45, 2.75) is 20.8 Å². The van der Waals surface area contributed by atoms with Gasteiger partial charge in [0.15, 0.2) is 0 Å². The minimum Gasteiger partial charge on any atom is -0.462 e. The molecule has 25 heavy (non-hydrogen) atoms. The number of hydrogen-bond donors (Lipinski definition) is 0. The molecule has 0 bridgehead atoms. The number of aryl methyl sites for hydroxylation is 2. The number of nitriles is 1. The third kappa shape index (κ3) is 3.43. The fourth-order valence-electron chi connectivity index (χ4n) is 3.06. The SMILES string of the molecule is CCOC(=O)c1sc2nc(C)nc(N3CCN(CC#N)CC3)c2c1C. The van der Waals surface area contributed by atoms with Gasteiger partial charge in [0.25, 0.3) is 0 Å². The molecule has 8 heteroatoms. The smallest absolute Gasteiger partial charge is 0.348 e. The van der Waals surface area contributed by atoms with E-state index >= 15 is 0 Å². The first-order valence-electron chi connectivity index (χ1n) is 8.34. The Morgan fingerprint density at radius 3 is 2.64 bits per heavy atom.